The number of nitrogens with one attached hydrogen (secondary N) is 1. The van der Waals surface area contributed by atoms with Crippen LogP contribution in [-0.2, 0) is 11.2 Å². The molecule has 21 heavy (non-hydrogen) atoms. The van der Waals surface area contributed by atoms with Crippen molar-refractivity contribution < 1.29 is 14.7 Å². The van der Waals surface area contributed by atoms with Crippen molar-refractivity contribution in [2.24, 2.45) is 5.92 Å². The van der Waals surface area contributed by atoms with Crippen molar-refractivity contribution in [3.05, 3.63) is 35.4 Å². The fourth-order valence-electron chi connectivity index (χ4n) is 1.82. The minimum atomic E-state index is -0.928. The Kier molecular flexibility index (Phi) is 6.21. The molecule has 0 aromatic heterocycles. The van der Waals surface area contributed by atoms with E-state index in [2.05, 4.69) is 11.4 Å². The highest BCUT2D eigenvalue weighted by atomic mass is 16.4. The quantitative estimate of drug-likeness (QED) is 0.829. The Morgan fingerprint density at radius 1 is 1.48 bits per heavy atom. The molecule has 1 aromatic carbocycles. The molecule has 0 aliphatic carbocycles. The first-order valence-electron chi connectivity index (χ1n) is 6.65. The number of nitriles is 1. The second-order valence-electron chi connectivity index (χ2n) is 4.91. The van der Waals surface area contributed by atoms with Gasteiger partial charge in [-0.05, 0) is 24.1 Å². The van der Waals surface area contributed by atoms with Gasteiger partial charge in [0.15, 0.2) is 0 Å². The van der Waals surface area contributed by atoms with Crippen molar-refractivity contribution in [2.75, 3.05) is 20.1 Å². The highest BCUT2D eigenvalue weighted by Crippen LogP contribution is 2.04. The van der Waals surface area contributed by atoms with Crippen molar-refractivity contribution in [2.45, 2.75) is 13.3 Å². The summed E-state index contributed by atoms with van der Waals surface area (Å²) in [6, 6.07) is 8.96. The summed E-state index contributed by atoms with van der Waals surface area (Å²) in [6.07, 6.45) is 0.615. The van der Waals surface area contributed by atoms with Crippen LogP contribution in [-0.4, -0.2) is 42.1 Å². The van der Waals surface area contributed by atoms with Gasteiger partial charge in [-0.3, -0.25) is 4.79 Å². The van der Waals surface area contributed by atoms with Crippen LogP contribution in [0.1, 0.15) is 18.1 Å². The van der Waals surface area contributed by atoms with Gasteiger partial charge in [-0.2, -0.15) is 5.26 Å². The first-order valence-corrected chi connectivity index (χ1v) is 6.65. The molecular formula is C15H19N3O3. The molecule has 2 amide bonds. The monoisotopic (exact) mass is 289 g/mol. The van der Waals surface area contributed by atoms with Gasteiger partial charge in [0.05, 0.1) is 17.6 Å². The first-order chi connectivity index (χ1) is 9.93. The zero-order valence-electron chi connectivity index (χ0n) is 12.2. The Morgan fingerprint density at radius 2 is 2.19 bits per heavy atom. The van der Waals surface area contributed by atoms with Gasteiger partial charge < -0.3 is 15.3 Å². The maximum atomic E-state index is 11.8. The van der Waals surface area contributed by atoms with Crippen LogP contribution in [0.5, 0.6) is 0 Å². The molecule has 0 radical (unpaired) electrons. The van der Waals surface area contributed by atoms with E-state index in [0.717, 1.165) is 5.56 Å². The molecule has 1 rings (SSSR count). The first kappa shape index (κ1) is 16.5. The summed E-state index contributed by atoms with van der Waals surface area (Å²) in [7, 11) is 1.56. The van der Waals surface area contributed by atoms with Crippen molar-refractivity contribution in [1.82, 2.24) is 10.2 Å². The summed E-state index contributed by atoms with van der Waals surface area (Å²) in [6.45, 7) is 2.14. The molecule has 2 N–H and O–H groups in total. The van der Waals surface area contributed by atoms with Crippen LogP contribution in [0.15, 0.2) is 24.3 Å². The normalized spacial score (nSPS) is 11.3. The van der Waals surface area contributed by atoms with Gasteiger partial charge >= 0.3 is 12.0 Å². The maximum Gasteiger partial charge on any atom is 0.317 e. The van der Waals surface area contributed by atoms with Crippen LogP contribution >= 0.6 is 0 Å². The molecule has 1 unspecified atom stereocenters. The number of aliphatic carboxylic acids is 1. The summed E-state index contributed by atoms with van der Waals surface area (Å²) in [5, 5.41) is 20.3. The second-order valence-corrected chi connectivity index (χ2v) is 4.91. The third-order valence-corrected chi connectivity index (χ3v) is 3.06. The second kappa shape index (κ2) is 7.90. The molecule has 0 saturated carbocycles. The molecule has 0 spiro atoms. The number of carboxylic acids is 1. The van der Waals surface area contributed by atoms with Gasteiger partial charge in [-0.25, -0.2) is 4.79 Å². The van der Waals surface area contributed by atoms with Crippen LogP contribution in [0, 0.1) is 17.2 Å². The van der Waals surface area contributed by atoms with Gasteiger partial charge in [-0.15, -0.1) is 0 Å². The predicted octanol–water partition coefficient (Wildman–Crippen LogP) is 1.46. The fourth-order valence-corrected chi connectivity index (χ4v) is 1.82. The van der Waals surface area contributed by atoms with Crippen LogP contribution in [0.3, 0.4) is 0 Å². The molecule has 1 aromatic rings. The summed E-state index contributed by atoms with van der Waals surface area (Å²) in [5.74, 6) is -1.53. The molecular weight excluding hydrogens is 270 g/mol. The minimum absolute atomic E-state index is 0.158. The number of carbonyl (C=O) groups is 2. The molecule has 0 aliphatic rings. The summed E-state index contributed by atoms with van der Waals surface area (Å²) < 4.78 is 0. The lowest BCUT2D eigenvalue weighted by atomic mass is 10.1. The number of benzene rings is 1. The number of amides is 2. The number of carboxylic acid groups (broad SMARTS) is 1. The molecule has 0 heterocycles. The summed E-state index contributed by atoms with van der Waals surface area (Å²) in [4.78, 5) is 23.9. The summed E-state index contributed by atoms with van der Waals surface area (Å²) >= 11 is 0. The number of urea groups is 1. The zero-order valence-corrected chi connectivity index (χ0v) is 12.2. The minimum Gasteiger partial charge on any atom is -0.481 e. The maximum absolute atomic E-state index is 11.8. The smallest absolute Gasteiger partial charge is 0.317 e. The summed E-state index contributed by atoms with van der Waals surface area (Å²) in [5.41, 5.74) is 1.56. The Balaban J connectivity index is 2.39. The van der Waals surface area contributed by atoms with E-state index in [-0.39, 0.29) is 12.6 Å². The van der Waals surface area contributed by atoms with E-state index < -0.39 is 11.9 Å². The molecule has 0 saturated heterocycles. The van der Waals surface area contributed by atoms with Crippen molar-refractivity contribution >= 4 is 12.0 Å². The number of hydrogen-bond donors (Lipinski definition) is 2. The van der Waals surface area contributed by atoms with Gasteiger partial charge in [0.2, 0.25) is 0 Å². The predicted molar refractivity (Wildman–Crippen MR) is 77.7 cm³/mol. The Bertz CT molecular complexity index is 551. The van der Waals surface area contributed by atoms with Gasteiger partial charge in [0.25, 0.3) is 0 Å². The third-order valence-electron chi connectivity index (χ3n) is 3.06. The number of rotatable bonds is 6. The van der Waals surface area contributed by atoms with Gasteiger partial charge in [0, 0.05) is 20.1 Å². The van der Waals surface area contributed by atoms with E-state index in [1.807, 2.05) is 6.07 Å². The zero-order chi connectivity index (χ0) is 15.8. The largest absolute Gasteiger partial charge is 0.481 e. The molecule has 112 valence electrons. The van der Waals surface area contributed by atoms with Gasteiger partial charge in [-0.1, -0.05) is 19.1 Å². The lowest BCUT2D eigenvalue weighted by molar-refractivity contribution is -0.141. The van der Waals surface area contributed by atoms with E-state index in [1.165, 1.54) is 4.90 Å². The number of carbonyl (C=O) groups excluding carboxylic acids is 1. The Labute approximate surface area is 124 Å². The van der Waals surface area contributed by atoms with Crippen LogP contribution in [0.25, 0.3) is 0 Å². The van der Waals surface area contributed by atoms with E-state index in [0.29, 0.717) is 18.5 Å². The van der Waals surface area contributed by atoms with Crippen LogP contribution in [0.2, 0.25) is 0 Å². The van der Waals surface area contributed by atoms with Crippen molar-refractivity contribution in [1.29, 1.82) is 5.26 Å². The molecule has 1 atom stereocenters. The van der Waals surface area contributed by atoms with Crippen molar-refractivity contribution in [3.63, 3.8) is 0 Å². The molecule has 0 fully saturated rings. The van der Waals surface area contributed by atoms with Gasteiger partial charge in [0.1, 0.15) is 0 Å². The number of nitrogens with zero attached hydrogens (tertiary/aromatic N) is 2. The highest BCUT2D eigenvalue weighted by Gasteiger charge is 2.16. The van der Waals surface area contributed by atoms with E-state index in [4.69, 9.17) is 10.4 Å². The SMILES string of the molecule is CC(CN(C)C(=O)NCCc1cccc(C#N)c1)C(=O)O. The highest BCUT2D eigenvalue weighted by molar-refractivity contribution is 5.75. The van der Waals surface area contributed by atoms with E-state index in [1.54, 1.807) is 32.2 Å². The average molecular weight is 289 g/mol. The Morgan fingerprint density at radius 3 is 2.81 bits per heavy atom. The number of hydrogen-bond acceptors (Lipinski definition) is 3. The van der Waals surface area contributed by atoms with Crippen LogP contribution in [0.4, 0.5) is 4.79 Å². The van der Waals surface area contributed by atoms with Crippen molar-refractivity contribution in [3.8, 4) is 6.07 Å². The third kappa shape index (κ3) is 5.53. The molecule has 6 nitrogen and oxygen atoms in total. The molecule has 0 aliphatic heterocycles. The topological polar surface area (TPSA) is 93.4 Å². The lowest BCUT2D eigenvalue weighted by Gasteiger charge is -2.20. The molecule has 6 heteroatoms. The van der Waals surface area contributed by atoms with Crippen LogP contribution < -0.4 is 5.32 Å². The average Bonchev–Trinajstić information content (AvgIpc) is 2.47. The fraction of sp³-hybridized carbons (Fsp3) is 0.400. The van der Waals surface area contributed by atoms with E-state index in [9.17, 15) is 9.59 Å². The molecule has 0 bridgehead atoms. The van der Waals surface area contributed by atoms with E-state index >= 15 is 0 Å². The standard InChI is InChI=1S/C15H19N3O3/c1-11(14(19)20)10-18(2)15(21)17-7-6-12-4-3-5-13(8-12)9-16/h3-5,8,11H,6-7,10H2,1-2H3,(H,17,21)(H,19,20). The Hall–Kier alpha value is -2.55. The lowest BCUT2D eigenvalue weighted by Crippen LogP contribution is -2.41.